The summed E-state index contributed by atoms with van der Waals surface area (Å²) in [7, 11) is 0. The largest absolute Gasteiger partial charge is 0.367 e. The second kappa shape index (κ2) is 4.69. The summed E-state index contributed by atoms with van der Waals surface area (Å²) >= 11 is 0. The Kier molecular flexibility index (Phi) is 3.26. The minimum absolute atomic E-state index is 0.0500. The highest BCUT2D eigenvalue weighted by Gasteiger charge is 2.36. The molecule has 1 aliphatic rings. The molecule has 5 heteroatoms. The molecule has 2 unspecified atom stereocenters. The minimum atomic E-state index is -0.416. The van der Waals surface area contributed by atoms with Gasteiger partial charge in [-0.25, -0.2) is 4.98 Å². The van der Waals surface area contributed by atoms with Crippen LogP contribution in [-0.2, 0) is 0 Å². The van der Waals surface area contributed by atoms with Crippen molar-refractivity contribution in [2.75, 3.05) is 5.32 Å². The highest BCUT2D eigenvalue weighted by atomic mass is 16.6. The summed E-state index contributed by atoms with van der Waals surface area (Å²) in [5.41, 5.74) is 0.885. The van der Waals surface area contributed by atoms with Crippen molar-refractivity contribution in [3.63, 3.8) is 0 Å². The molecule has 17 heavy (non-hydrogen) atoms. The Morgan fingerprint density at radius 2 is 2.41 bits per heavy atom. The van der Waals surface area contributed by atoms with Crippen molar-refractivity contribution in [3.8, 4) is 0 Å². The van der Waals surface area contributed by atoms with Gasteiger partial charge in [-0.2, -0.15) is 0 Å². The molecule has 2 atom stereocenters. The van der Waals surface area contributed by atoms with Crippen molar-refractivity contribution >= 4 is 11.5 Å². The fraction of sp³-hybridized carbons (Fsp3) is 0.583. The molecule has 0 aliphatic heterocycles. The van der Waals surface area contributed by atoms with Crippen LogP contribution in [0.25, 0.3) is 0 Å². The van der Waals surface area contributed by atoms with Gasteiger partial charge in [0.05, 0.1) is 4.92 Å². The van der Waals surface area contributed by atoms with E-state index >= 15 is 0 Å². The molecule has 0 radical (unpaired) electrons. The molecule has 0 amide bonds. The standard InChI is InChI=1S/C12H17N3O2/c1-3-4-9-6-11(9)14-12-8(2)5-10(7-13-12)15(16)17/h5,7,9,11H,3-4,6H2,1-2H3,(H,13,14). The first-order chi connectivity index (χ1) is 8.11. The topological polar surface area (TPSA) is 68.1 Å². The molecule has 1 aliphatic carbocycles. The average Bonchev–Trinajstić information content (AvgIpc) is 3.00. The predicted molar refractivity (Wildman–Crippen MR) is 66.1 cm³/mol. The van der Waals surface area contributed by atoms with Crippen LogP contribution in [0, 0.1) is 23.0 Å². The van der Waals surface area contributed by atoms with E-state index in [0.717, 1.165) is 17.3 Å². The number of nitrogens with one attached hydrogen (secondary N) is 1. The highest BCUT2D eigenvalue weighted by Crippen LogP contribution is 2.37. The van der Waals surface area contributed by atoms with Crippen LogP contribution in [0.5, 0.6) is 0 Å². The van der Waals surface area contributed by atoms with Crippen LogP contribution in [0.4, 0.5) is 11.5 Å². The van der Waals surface area contributed by atoms with Crippen LogP contribution in [0.15, 0.2) is 12.3 Å². The quantitative estimate of drug-likeness (QED) is 0.629. The smallest absolute Gasteiger partial charge is 0.287 e. The van der Waals surface area contributed by atoms with Gasteiger partial charge in [0, 0.05) is 12.1 Å². The third-order valence-corrected chi connectivity index (χ3v) is 3.18. The van der Waals surface area contributed by atoms with E-state index in [1.165, 1.54) is 25.5 Å². The van der Waals surface area contributed by atoms with Crippen molar-refractivity contribution in [2.45, 2.75) is 39.2 Å². The molecule has 5 nitrogen and oxygen atoms in total. The number of pyridine rings is 1. The van der Waals surface area contributed by atoms with Gasteiger partial charge in [0.25, 0.3) is 5.69 Å². The number of anilines is 1. The van der Waals surface area contributed by atoms with Crippen molar-refractivity contribution in [1.82, 2.24) is 4.98 Å². The summed E-state index contributed by atoms with van der Waals surface area (Å²) in [4.78, 5) is 14.3. The number of hydrogen-bond donors (Lipinski definition) is 1. The molecular weight excluding hydrogens is 218 g/mol. The van der Waals surface area contributed by atoms with Crippen LogP contribution >= 0.6 is 0 Å². The zero-order chi connectivity index (χ0) is 12.4. The fourth-order valence-electron chi connectivity index (χ4n) is 2.10. The Labute approximate surface area is 100 Å². The maximum Gasteiger partial charge on any atom is 0.287 e. The Morgan fingerprint density at radius 3 is 3.00 bits per heavy atom. The normalized spacial score (nSPS) is 22.2. The van der Waals surface area contributed by atoms with Crippen LogP contribution in [0.1, 0.15) is 31.7 Å². The first kappa shape index (κ1) is 11.8. The zero-order valence-electron chi connectivity index (χ0n) is 10.1. The second-order valence-corrected chi connectivity index (χ2v) is 4.65. The molecule has 1 fully saturated rings. The van der Waals surface area contributed by atoms with Gasteiger partial charge in [-0.1, -0.05) is 13.3 Å². The minimum Gasteiger partial charge on any atom is -0.367 e. The molecule has 2 rings (SSSR count). The first-order valence-corrected chi connectivity index (χ1v) is 5.99. The maximum atomic E-state index is 10.6. The van der Waals surface area contributed by atoms with Gasteiger partial charge in [-0.15, -0.1) is 0 Å². The summed E-state index contributed by atoms with van der Waals surface area (Å²) < 4.78 is 0. The molecule has 1 aromatic rings. The van der Waals surface area contributed by atoms with Gasteiger partial charge < -0.3 is 5.32 Å². The monoisotopic (exact) mass is 235 g/mol. The van der Waals surface area contributed by atoms with Crippen LogP contribution < -0.4 is 5.32 Å². The van der Waals surface area contributed by atoms with Gasteiger partial charge in [-0.05, 0) is 31.2 Å². The molecule has 0 spiro atoms. The summed E-state index contributed by atoms with van der Waals surface area (Å²) in [6.45, 7) is 4.03. The van der Waals surface area contributed by atoms with Crippen molar-refractivity contribution < 1.29 is 4.92 Å². The number of nitrogens with zero attached hydrogens (tertiary/aromatic N) is 2. The maximum absolute atomic E-state index is 10.6. The highest BCUT2D eigenvalue weighted by molar-refractivity contribution is 5.49. The van der Waals surface area contributed by atoms with E-state index in [9.17, 15) is 10.1 Å². The van der Waals surface area contributed by atoms with E-state index in [-0.39, 0.29) is 5.69 Å². The van der Waals surface area contributed by atoms with Gasteiger partial charge in [-0.3, -0.25) is 10.1 Å². The lowest BCUT2D eigenvalue weighted by atomic mass is 10.2. The Morgan fingerprint density at radius 1 is 1.65 bits per heavy atom. The SMILES string of the molecule is CCCC1CC1Nc1ncc([N+](=O)[O-])cc1C. The summed E-state index contributed by atoms with van der Waals surface area (Å²) in [5, 5.41) is 13.9. The Hall–Kier alpha value is -1.65. The van der Waals surface area contributed by atoms with Gasteiger partial charge in [0.2, 0.25) is 0 Å². The van der Waals surface area contributed by atoms with Gasteiger partial charge >= 0.3 is 0 Å². The Balaban J connectivity index is 2.00. The van der Waals surface area contributed by atoms with E-state index in [0.29, 0.717) is 6.04 Å². The van der Waals surface area contributed by atoms with Crippen molar-refractivity contribution in [3.05, 3.63) is 27.9 Å². The van der Waals surface area contributed by atoms with Crippen molar-refractivity contribution in [2.24, 2.45) is 5.92 Å². The van der Waals surface area contributed by atoms with E-state index < -0.39 is 4.92 Å². The molecule has 1 N–H and O–H groups in total. The third kappa shape index (κ3) is 2.72. The van der Waals surface area contributed by atoms with Crippen LogP contribution in [0.2, 0.25) is 0 Å². The second-order valence-electron chi connectivity index (χ2n) is 4.65. The number of aryl methyl sites for hydroxylation is 1. The predicted octanol–water partition coefficient (Wildman–Crippen LogP) is 2.90. The summed E-state index contributed by atoms with van der Waals surface area (Å²) in [5.74, 6) is 1.52. The lowest BCUT2D eigenvalue weighted by Crippen LogP contribution is -2.08. The molecule has 1 heterocycles. The van der Waals surface area contributed by atoms with Gasteiger partial charge in [0.15, 0.2) is 0 Å². The lowest BCUT2D eigenvalue weighted by molar-refractivity contribution is -0.385. The molecule has 1 aromatic heterocycles. The summed E-state index contributed by atoms with van der Waals surface area (Å²) in [6.07, 6.45) is 4.94. The number of nitro groups is 1. The van der Waals surface area contributed by atoms with E-state index in [2.05, 4.69) is 17.2 Å². The lowest BCUT2D eigenvalue weighted by Gasteiger charge is -2.07. The molecule has 92 valence electrons. The van der Waals surface area contributed by atoms with E-state index in [1.54, 1.807) is 6.07 Å². The fourth-order valence-corrected chi connectivity index (χ4v) is 2.10. The molecule has 0 bridgehead atoms. The number of aromatic nitrogens is 1. The number of hydrogen-bond acceptors (Lipinski definition) is 4. The molecule has 0 saturated heterocycles. The third-order valence-electron chi connectivity index (χ3n) is 3.18. The zero-order valence-corrected chi connectivity index (χ0v) is 10.1. The van der Waals surface area contributed by atoms with E-state index in [1.807, 2.05) is 6.92 Å². The molecule has 1 saturated carbocycles. The van der Waals surface area contributed by atoms with E-state index in [4.69, 9.17) is 0 Å². The average molecular weight is 235 g/mol. The first-order valence-electron chi connectivity index (χ1n) is 5.99. The number of rotatable bonds is 5. The van der Waals surface area contributed by atoms with Crippen molar-refractivity contribution in [1.29, 1.82) is 0 Å². The molecular formula is C12H17N3O2. The van der Waals surface area contributed by atoms with Gasteiger partial charge in [0.1, 0.15) is 12.0 Å². The summed E-state index contributed by atoms with van der Waals surface area (Å²) in [6, 6.07) is 2.06. The molecule has 0 aromatic carbocycles. The van der Waals surface area contributed by atoms with Crippen LogP contribution in [-0.4, -0.2) is 15.9 Å². The van der Waals surface area contributed by atoms with Crippen LogP contribution in [0.3, 0.4) is 0 Å². The Bertz CT molecular complexity index is 434.